The van der Waals surface area contributed by atoms with Gasteiger partial charge in [0, 0.05) is 19.6 Å². The van der Waals surface area contributed by atoms with Crippen molar-refractivity contribution in [2.75, 3.05) is 13.1 Å². The Morgan fingerprint density at radius 2 is 1.88 bits per heavy atom. The van der Waals surface area contributed by atoms with E-state index in [2.05, 4.69) is 0 Å². The summed E-state index contributed by atoms with van der Waals surface area (Å²) < 4.78 is 39.4. The molecule has 1 aliphatic heterocycles. The van der Waals surface area contributed by atoms with E-state index in [4.69, 9.17) is 5.11 Å². The van der Waals surface area contributed by atoms with Crippen LogP contribution in [0, 0.1) is 18.8 Å². The number of carboxylic acid groups (broad SMARTS) is 1. The lowest BCUT2D eigenvalue weighted by Crippen LogP contribution is -2.33. The van der Waals surface area contributed by atoms with Gasteiger partial charge in [-0.25, -0.2) is 0 Å². The number of aryl methyl sites for hydroxylation is 1. The van der Waals surface area contributed by atoms with E-state index in [0.717, 1.165) is 22.3 Å². The molecule has 3 rings (SSSR count). The zero-order valence-electron chi connectivity index (χ0n) is 14.3. The number of benzene rings is 2. The summed E-state index contributed by atoms with van der Waals surface area (Å²) in [5.41, 5.74) is 4.07. The summed E-state index contributed by atoms with van der Waals surface area (Å²) >= 11 is 0. The first-order valence-corrected chi connectivity index (χ1v) is 8.42. The summed E-state index contributed by atoms with van der Waals surface area (Å²) in [5.74, 6) is -4.61. The summed E-state index contributed by atoms with van der Waals surface area (Å²) in [6.07, 6.45) is -4.50. The molecule has 2 aromatic rings. The molecule has 1 heterocycles. The number of aliphatic carboxylic acids is 1. The lowest BCUT2D eigenvalue weighted by molar-refractivity contribution is -0.188. The molecule has 138 valence electrons. The highest BCUT2D eigenvalue weighted by atomic mass is 19.4. The molecule has 2 aromatic carbocycles. The van der Waals surface area contributed by atoms with Gasteiger partial charge in [0.1, 0.15) is 0 Å². The molecule has 2 atom stereocenters. The topological polar surface area (TPSA) is 40.5 Å². The summed E-state index contributed by atoms with van der Waals surface area (Å²) in [7, 11) is 0. The van der Waals surface area contributed by atoms with E-state index in [1.807, 2.05) is 55.5 Å². The van der Waals surface area contributed by atoms with Crippen molar-refractivity contribution in [3.63, 3.8) is 0 Å². The van der Waals surface area contributed by atoms with Gasteiger partial charge < -0.3 is 5.11 Å². The zero-order valence-corrected chi connectivity index (χ0v) is 14.3. The lowest BCUT2D eigenvalue weighted by Gasteiger charge is -2.18. The highest BCUT2D eigenvalue weighted by molar-refractivity contribution is 5.71. The highest BCUT2D eigenvalue weighted by Gasteiger charge is 2.52. The predicted octanol–water partition coefficient (Wildman–Crippen LogP) is 4.36. The number of hydrogen-bond acceptors (Lipinski definition) is 2. The molecule has 0 radical (unpaired) electrons. The maximum absolute atomic E-state index is 13.1. The zero-order chi connectivity index (χ0) is 18.9. The predicted molar refractivity (Wildman–Crippen MR) is 92.6 cm³/mol. The van der Waals surface area contributed by atoms with Gasteiger partial charge in [-0.05, 0) is 35.2 Å². The highest BCUT2D eigenvalue weighted by Crippen LogP contribution is 2.38. The van der Waals surface area contributed by atoms with Gasteiger partial charge in [-0.2, -0.15) is 13.2 Å². The Balaban J connectivity index is 1.79. The summed E-state index contributed by atoms with van der Waals surface area (Å²) in [4.78, 5) is 12.8. The summed E-state index contributed by atoms with van der Waals surface area (Å²) in [5, 5.41) is 9.13. The largest absolute Gasteiger partial charge is 0.481 e. The van der Waals surface area contributed by atoms with Crippen LogP contribution in [0.1, 0.15) is 11.1 Å². The van der Waals surface area contributed by atoms with Crippen molar-refractivity contribution in [3.05, 3.63) is 59.7 Å². The Hall–Kier alpha value is -2.34. The van der Waals surface area contributed by atoms with Gasteiger partial charge >= 0.3 is 12.1 Å². The second-order valence-corrected chi connectivity index (χ2v) is 6.80. The van der Waals surface area contributed by atoms with E-state index in [9.17, 15) is 18.0 Å². The molecule has 1 aliphatic rings. The van der Waals surface area contributed by atoms with Crippen molar-refractivity contribution in [1.82, 2.24) is 4.90 Å². The molecular weight excluding hydrogens is 343 g/mol. The van der Waals surface area contributed by atoms with Gasteiger partial charge in [-0.15, -0.1) is 0 Å². The van der Waals surface area contributed by atoms with Gasteiger partial charge in [-0.1, -0.05) is 42.5 Å². The normalized spacial score (nSPS) is 21.1. The van der Waals surface area contributed by atoms with Crippen molar-refractivity contribution in [2.45, 2.75) is 19.6 Å². The Morgan fingerprint density at radius 3 is 2.50 bits per heavy atom. The van der Waals surface area contributed by atoms with Crippen LogP contribution in [0.3, 0.4) is 0 Å². The Kier molecular flexibility index (Phi) is 5.05. The maximum Gasteiger partial charge on any atom is 0.393 e. The van der Waals surface area contributed by atoms with Gasteiger partial charge in [0.15, 0.2) is 0 Å². The molecule has 3 nitrogen and oxygen atoms in total. The van der Waals surface area contributed by atoms with Crippen molar-refractivity contribution < 1.29 is 23.1 Å². The van der Waals surface area contributed by atoms with Crippen LogP contribution in [-0.4, -0.2) is 35.2 Å². The van der Waals surface area contributed by atoms with Crippen molar-refractivity contribution >= 4 is 5.97 Å². The van der Waals surface area contributed by atoms with E-state index in [-0.39, 0.29) is 13.1 Å². The fraction of sp³-hybridized carbons (Fsp3) is 0.350. The van der Waals surface area contributed by atoms with Crippen LogP contribution < -0.4 is 0 Å². The van der Waals surface area contributed by atoms with Gasteiger partial charge in [0.05, 0.1) is 11.8 Å². The average Bonchev–Trinajstić information content (AvgIpc) is 3.00. The SMILES string of the molecule is Cc1ccccc1-c1cccc(CN2C[C@@H](C(F)(F)F)[C@H](C(=O)O)C2)c1. The molecule has 6 heteroatoms. The average molecular weight is 363 g/mol. The van der Waals surface area contributed by atoms with Gasteiger partial charge in [0.2, 0.25) is 0 Å². The number of halogens is 3. The maximum atomic E-state index is 13.1. The van der Waals surface area contributed by atoms with Crippen molar-refractivity contribution in [1.29, 1.82) is 0 Å². The molecular formula is C20H20F3NO2. The lowest BCUT2D eigenvalue weighted by atomic mass is 9.96. The van der Waals surface area contributed by atoms with Crippen LogP contribution in [0.2, 0.25) is 0 Å². The van der Waals surface area contributed by atoms with Crippen LogP contribution in [-0.2, 0) is 11.3 Å². The third-order valence-corrected chi connectivity index (χ3v) is 4.92. The molecule has 0 aromatic heterocycles. The minimum atomic E-state index is -4.50. The third kappa shape index (κ3) is 3.90. The molecule has 0 spiro atoms. The quantitative estimate of drug-likeness (QED) is 0.878. The minimum Gasteiger partial charge on any atom is -0.481 e. The third-order valence-electron chi connectivity index (χ3n) is 4.92. The van der Waals surface area contributed by atoms with Crippen LogP contribution in [0.4, 0.5) is 13.2 Å². The molecule has 26 heavy (non-hydrogen) atoms. The molecule has 0 bridgehead atoms. The van der Waals surface area contributed by atoms with Crippen molar-refractivity contribution in [2.24, 2.45) is 11.8 Å². The molecule has 0 saturated carbocycles. The number of rotatable bonds is 4. The Morgan fingerprint density at radius 1 is 1.15 bits per heavy atom. The minimum absolute atomic E-state index is 0.0892. The van der Waals surface area contributed by atoms with E-state index in [1.165, 1.54) is 0 Å². The molecule has 1 N–H and O–H groups in total. The molecule has 0 unspecified atom stereocenters. The van der Waals surface area contributed by atoms with Crippen molar-refractivity contribution in [3.8, 4) is 11.1 Å². The fourth-order valence-electron chi connectivity index (χ4n) is 3.59. The fourth-order valence-corrected chi connectivity index (χ4v) is 3.59. The molecule has 0 aliphatic carbocycles. The monoisotopic (exact) mass is 363 g/mol. The van der Waals surface area contributed by atoms with Crippen LogP contribution in [0.15, 0.2) is 48.5 Å². The Bertz CT molecular complexity index is 804. The van der Waals surface area contributed by atoms with E-state index < -0.39 is 24.0 Å². The standard InChI is InChI=1S/C20H20F3NO2/c1-13-5-2-3-8-16(13)15-7-4-6-14(9-15)10-24-11-17(19(25)26)18(12-24)20(21,22)23/h2-9,17-18H,10-12H2,1H3,(H,25,26)/t17-,18-/m1/s1. The number of carbonyl (C=O) groups is 1. The second kappa shape index (κ2) is 7.11. The summed E-state index contributed by atoms with van der Waals surface area (Å²) in [6.45, 7) is 1.94. The number of hydrogen-bond donors (Lipinski definition) is 1. The van der Waals surface area contributed by atoms with E-state index >= 15 is 0 Å². The number of alkyl halides is 3. The Labute approximate surface area is 150 Å². The number of likely N-dealkylation sites (tertiary alicyclic amines) is 1. The van der Waals surface area contributed by atoms with Gasteiger partial charge in [0.25, 0.3) is 0 Å². The van der Waals surface area contributed by atoms with E-state index in [1.54, 1.807) is 4.90 Å². The summed E-state index contributed by atoms with van der Waals surface area (Å²) in [6, 6.07) is 15.6. The first kappa shape index (κ1) is 18.5. The van der Waals surface area contributed by atoms with Gasteiger partial charge in [-0.3, -0.25) is 9.69 Å². The van der Waals surface area contributed by atoms with E-state index in [0.29, 0.717) is 6.54 Å². The number of nitrogens with zero attached hydrogens (tertiary/aromatic N) is 1. The number of carboxylic acids is 1. The molecule has 1 fully saturated rings. The van der Waals surface area contributed by atoms with Crippen LogP contribution >= 0.6 is 0 Å². The van der Waals surface area contributed by atoms with Crippen LogP contribution in [0.5, 0.6) is 0 Å². The molecule has 1 saturated heterocycles. The van der Waals surface area contributed by atoms with Crippen LogP contribution in [0.25, 0.3) is 11.1 Å². The smallest absolute Gasteiger partial charge is 0.393 e. The first-order chi connectivity index (χ1) is 12.3. The first-order valence-electron chi connectivity index (χ1n) is 8.42. The molecule has 0 amide bonds. The second-order valence-electron chi connectivity index (χ2n) is 6.80.